The molecule has 3 fully saturated rings. The van der Waals surface area contributed by atoms with Crippen LogP contribution in [-0.4, -0.2) is 81.9 Å². The lowest BCUT2D eigenvalue weighted by atomic mass is 10.1. The molecule has 64 heavy (non-hydrogen) atoms. The fraction of sp³-hybridized carbons (Fsp3) is 0.409. The van der Waals surface area contributed by atoms with E-state index < -0.39 is 17.8 Å². The third-order valence-electron chi connectivity index (χ3n) is 10.5. The first kappa shape index (κ1) is 47.0. The molecule has 0 amide bonds. The Morgan fingerprint density at radius 2 is 1.47 bits per heavy atom. The number of hydrazine groups is 2. The fourth-order valence-electron chi connectivity index (χ4n) is 6.96. The van der Waals surface area contributed by atoms with Crippen LogP contribution in [0.4, 0.5) is 48.1 Å². The topological polar surface area (TPSA) is 242 Å². The van der Waals surface area contributed by atoms with Gasteiger partial charge in [0.05, 0.1) is 0 Å². The molecule has 20 heteroatoms. The van der Waals surface area contributed by atoms with Gasteiger partial charge in [0.25, 0.3) is 0 Å². The van der Waals surface area contributed by atoms with Crippen LogP contribution in [0.5, 0.6) is 0 Å². The Balaban J connectivity index is 0.000000197. The Hall–Kier alpha value is -6.51. The smallest absolute Gasteiger partial charge is 0.227 e. The van der Waals surface area contributed by atoms with Crippen LogP contribution in [0.3, 0.4) is 0 Å². The van der Waals surface area contributed by atoms with E-state index in [0.717, 1.165) is 38.7 Å². The number of likely N-dealkylation sites (tertiary alicyclic amines) is 1. The standard InChI is InChI=1S/C24H32FN9.C15H17FN8.C3H5F.C2H6/c25-18-11-17(19(14-26)20(27)12-18)15-34(10-9-33-7-1-2-8-33)24-28-6-5-22(30-24)29-23-13-21(31-32-23)16-3-4-16;16-10-5-9(11(7-17)12(18)6-10)8-20-15-19-3-1-13(23-15)22-14-2-4-21-24-14;4-3-1-2-3;1-2/h5-6,11-14,16,23,26,31-32H,1-4,7-10,15,27H2,(H,28,29,30);1-7,14,17,21,24H,8,18H2,(H2,19,20,22,23);3H,1-2H2;1-2H3. The number of nitrogen functional groups attached to an aromatic ring is 2. The minimum atomic E-state index is -0.446. The molecule has 1 saturated heterocycles. The molecule has 2 aromatic heterocycles. The van der Waals surface area contributed by atoms with Gasteiger partial charge in [0.2, 0.25) is 11.9 Å². The second kappa shape index (κ2) is 23.3. The van der Waals surface area contributed by atoms with E-state index in [2.05, 4.69) is 63.6 Å². The van der Waals surface area contributed by atoms with Crippen LogP contribution in [0.2, 0.25) is 0 Å². The minimum absolute atomic E-state index is 0.0519. The van der Waals surface area contributed by atoms with Gasteiger partial charge >= 0.3 is 0 Å². The number of halogens is 3. The second-order valence-corrected chi connectivity index (χ2v) is 15.5. The average molecular weight is 884 g/mol. The number of alkyl halides is 1. The maximum Gasteiger partial charge on any atom is 0.227 e. The summed E-state index contributed by atoms with van der Waals surface area (Å²) < 4.78 is 38.8. The molecule has 0 spiro atoms. The molecule has 13 N–H and O–H groups in total. The van der Waals surface area contributed by atoms with Gasteiger partial charge in [-0.1, -0.05) is 13.8 Å². The summed E-state index contributed by atoms with van der Waals surface area (Å²) in [6, 6.07) is 8.82. The lowest BCUT2D eigenvalue weighted by Gasteiger charge is -2.27. The first-order chi connectivity index (χ1) is 31.1. The van der Waals surface area contributed by atoms with Crippen LogP contribution in [0.15, 0.2) is 72.8 Å². The summed E-state index contributed by atoms with van der Waals surface area (Å²) >= 11 is 0. The molecular weight excluding hydrogens is 824 g/mol. The normalized spacial score (nSPS) is 18.4. The Bertz CT molecular complexity index is 2230. The summed E-state index contributed by atoms with van der Waals surface area (Å²) in [6.45, 7) is 8.34. The zero-order chi connectivity index (χ0) is 45.4. The van der Waals surface area contributed by atoms with E-state index in [0.29, 0.717) is 64.8 Å². The molecule has 2 unspecified atom stereocenters. The van der Waals surface area contributed by atoms with Gasteiger partial charge in [-0.15, -0.1) is 0 Å². The van der Waals surface area contributed by atoms with Crippen LogP contribution in [0, 0.1) is 28.4 Å². The number of nitrogens with zero attached hydrogens (tertiary/aromatic N) is 6. The summed E-state index contributed by atoms with van der Waals surface area (Å²) in [5.74, 6) is 2.06. The predicted molar refractivity (Wildman–Crippen MR) is 248 cm³/mol. The fourth-order valence-corrected chi connectivity index (χ4v) is 6.96. The summed E-state index contributed by atoms with van der Waals surface area (Å²) in [6.07, 6.45) is 17.5. The van der Waals surface area contributed by atoms with Gasteiger partial charge < -0.3 is 58.9 Å². The molecule has 0 bridgehead atoms. The van der Waals surface area contributed by atoms with Gasteiger partial charge in [0.1, 0.15) is 41.8 Å². The van der Waals surface area contributed by atoms with Crippen molar-refractivity contribution in [1.82, 2.24) is 46.5 Å². The second-order valence-electron chi connectivity index (χ2n) is 15.5. The van der Waals surface area contributed by atoms with Crippen molar-refractivity contribution in [2.24, 2.45) is 5.92 Å². The van der Waals surface area contributed by atoms with E-state index in [1.54, 1.807) is 24.7 Å². The molecule has 342 valence electrons. The lowest BCUT2D eigenvalue weighted by Crippen LogP contribution is -2.38. The van der Waals surface area contributed by atoms with Crippen LogP contribution in [0.1, 0.15) is 74.6 Å². The summed E-state index contributed by atoms with van der Waals surface area (Å²) in [5, 5.41) is 24.8. The monoisotopic (exact) mass is 884 g/mol. The zero-order valence-corrected chi connectivity index (χ0v) is 36.3. The summed E-state index contributed by atoms with van der Waals surface area (Å²) in [4.78, 5) is 22.2. The van der Waals surface area contributed by atoms with Crippen molar-refractivity contribution in [3.63, 3.8) is 0 Å². The molecular formula is C44H60F3N17. The average Bonchev–Trinajstić information content (AvgIpc) is 4.08. The largest absolute Gasteiger partial charge is 0.398 e. The number of hydrogen-bond donors (Lipinski definition) is 11. The van der Waals surface area contributed by atoms with E-state index in [9.17, 15) is 13.2 Å². The van der Waals surface area contributed by atoms with Gasteiger partial charge in [-0.05, 0) is 117 Å². The van der Waals surface area contributed by atoms with Crippen molar-refractivity contribution < 1.29 is 13.2 Å². The molecule has 2 atom stereocenters. The number of benzene rings is 2. The lowest BCUT2D eigenvalue weighted by molar-refractivity contribution is 0.343. The van der Waals surface area contributed by atoms with E-state index in [4.69, 9.17) is 27.3 Å². The highest BCUT2D eigenvalue weighted by Gasteiger charge is 2.30. The third kappa shape index (κ3) is 14.0. The summed E-state index contributed by atoms with van der Waals surface area (Å²) in [7, 11) is 0. The first-order valence-electron chi connectivity index (χ1n) is 21.8. The van der Waals surface area contributed by atoms with Crippen LogP contribution < -0.4 is 54.0 Å². The Morgan fingerprint density at radius 1 is 0.844 bits per heavy atom. The molecule has 9 rings (SSSR count). The van der Waals surface area contributed by atoms with Crippen molar-refractivity contribution in [2.45, 2.75) is 84.0 Å². The number of nitrogens with two attached hydrogens (primary N) is 2. The van der Waals surface area contributed by atoms with Gasteiger partial charge in [0, 0.05) is 85.4 Å². The van der Waals surface area contributed by atoms with Crippen molar-refractivity contribution in [3.05, 3.63) is 107 Å². The number of rotatable bonds is 16. The molecule has 17 nitrogen and oxygen atoms in total. The van der Waals surface area contributed by atoms with Crippen molar-refractivity contribution in [1.29, 1.82) is 10.8 Å². The highest BCUT2D eigenvalue weighted by atomic mass is 19.1. The molecule has 4 aromatic rings. The van der Waals surface area contributed by atoms with E-state index in [1.807, 2.05) is 30.9 Å². The number of allylic oxidation sites excluding steroid dienone is 1. The molecule has 5 aliphatic rings. The van der Waals surface area contributed by atoms with Crippen molar-refractivity contribution >= 4 is 47.3 Å². The van der Waals surface area contributed by atoms with Gasteiger partial charge in [-0.2, -0.15) is 9.97 Å². The molecule has 2 saturated carbocycles. The Morgan fingerprint density at radius 3 is 2.09 bits per heavy atom. The minimum Gasteiger partial charge on any atom is -0.398 e. The van der Waals surface area contributed by atoms with Gasteiger partial charge in [0.15, 0.2) is 0 Å². The number of anilines is 6. The molecule has 0 radical (unpaired) electrons. The zero-order valence-electron chi connectivity index (χ0n) is 36.3. The SMILES string of the molecule is CC.FC1CC1.N=Cc1c(N)cc(F)cc1CN(CCN1CCCC1)c1nccc(NC2C=C(C3CC3)NN2)n1.N=Cc1c(N)cc(F)cc1CNc1nccc(NC2C=CNN2)n1. The Labute approximate surface area is 372 Å². The highest BCUT2D eigenvalue weighted by molar-refractivity contribution is 5.87. The van der Waals surface area contributed by atoms with E-state index in [1.165, 1.54) is 61.9 Å². The predicted octanol–water partition coefficient (Wildman–Crippen LogP) is 5.75. The van der Waals surface area contributed by atoms with E-state index in [-0.39, 0.29) is 30.3 Å². The van der Waals surface area contributed by atoms with Crippen molar-refractivity contribution in [2.75, 3.05) is 58.5 Å². The maximum atomic E-state index is 14.2. The van der Waals surface area contributed by atoms with Crippen LogP contribution in [-0.2, 0) is 13.1 Å². The quantitative estimate of drug-likeness (QED) is 0.0474. The molecule has 2 aromatic carbocycles. The molecule has 2 aliphatic carbocycles. The molecule has 3 aliphatic heterocycles. The molecule has 5 heterocycles. The highest BCUT2D eigenvalue weighted by Crippen LogP contribution is 2.36. The maximum absolute atomic E-state index is 14.2. The summed E-state index contributed by atoms with van der Waals surface area (Å²) in [5.41, 5.74) is 28.0. The number of aromatic nitrogens is 4. The Kier molecular flexibility index (Phi) is 17.1. The number of hydrogen-bond acceptors (Lipinski definition) is 17. The van der Waals surface area contributed by atoms with Crippen LogP contribution >= 0.6 is 0 Å². The van der Waals surface area contributed by atoms with E-state index >= 15 is 0 Å². The van der Waals surface area contributed by atoms with Crippen LogP contribution in [0.25, 0.3) is 0 Å². The van der Waals surface area contributed by atoms with Crippen molar-refractivity contribution in [3.8, 4) is 0 Å². The first-order valence-corrected chi connectivity index (χ1v) is 21.8. The van der Waals surface area contributed by atoms with Gasteiger partial charge in [-0.3, -0.25) is 0 Å². The third-order valence-corrected chi connectivity index (χ3v) is 10.5. The number of nitrogens with one attached hydrogen (secondary N) is 9. The van der Waals surface area contributed by atoms with Gasteiger partial charge in [-0.25, -0.2) is 34.0 Å².